The number of benzene rings is 1. The Balaban J connectivity index is 2.08. The van der Waals surface area contributed by atoms with Gasteiger partial charge in [0.05, 0.1) is 19.9 Å². The van der Waals surface area contributed by atoms with E-state index in [1.54, 1.807) is 24.3 Å². The average Bonchev–Trinajstić information content (AvgIpc) is 3.11. The summed E-state index contributed by atoms with van der Waals surface area (Å²) in [5.74, 6) is -0.721. The van der Waals surface area contributed by atoms with Crippen LogP contribution in [0.1, 0.15) is 4.88 Å². The number of amides is 4. The molecule has 0 spiro atoms. The summed E-state index contributed by atoms with van der Waals surface area (Å²) in [5, 5.41) is 4.00. The Labute approximate surface area is 147 Å². The van der Waals surface area contributed by atoms with Gasteiger partial charge in [-0.15, -0.1) is 11.3 Å². The van der Waals surface area contributed by atoms with Crippen molar-refractivity contribution in [3.8, 4) is 11.5 Å². The Bertz CT molecular complexity index is 873. The molecule has 2 aromatic rings. The fourth-order valence-electron chi connectivity index (χ4n) is 2.36. The van der Waals surface area contributed by atoms with Crippen LogP contribution in [0.25, 0.3) is 6.08 Å². The van der Waals surface area contributed by atoms with Crippen molar-refractivity contribution < 1.29 is 23.9 Å². The molecule has 1 aromatic carbocycles. The third-order valence-electron chi connectivity index (χ3n) is 3.56. The van der Waals surface area contributed by atoms with Gasteiger partial charge in [0.1, 0.15) is 17.1 Å². The van der Waals surface area contributed by atoms with Crippen molar-refractivity contribution in [2.45, 2.75) is 0 Å². The van der Waals surface area contributed by atoms with Gasteiger partial charge >= 0.3 is 6.03 Å². The number of barbiturate groups is 1. The third-order valence-corrected chi connectivity index (χ3v) is 4.38. The molecule has 7 nitrogen and oxygen atoms in total. The molecule has 8 heteroatoms. The molecule has 2 heterocycles. The van der Waals surface area contributed by atoms with E-state index < -0.39 is 17.8 Å². The highest BCUT2D eigenvalue weighted by Gasteiger charge is 2.38. The van der Waals surface area contributed by atoms with Crippen LogP contribution in [0.3, 0.4) is 0 Å². The minimum atomic E-state index is -0.843. The summed E-state index contributed by atoms with van der Waals surface area (Å²) >= 11 is 1.38. The molecule has 1 fully saturated rings. The molecule has 1 aliphatic heterocycles. The van der Waals surface area contributed by atoms with Gasteiger partial charge in [-0.3, -0.25) is 14.9 Å². The van der Waals surface area contributed by atoms with Gasteiger partial charge in [-0.05, 0) is 29.7 Å². The number of thiophene rings is 1. The highest BCUT2D eigenvalue weighted by Crippen LogP contribution is 2.34. The molecule has 3 rings (SSSR count). The number of imide groups is 2. The molecule has 1 aromatic heterocycles. The number of methoxy groups -OCH3 is 2. The van der Waals surface area contributed by atoms with Crippen LogP contribution < -0.4 is 19.7 Å². The lowest BCUT2D eigenvalue weighted by molar-refractivity contribution is -0.122. The highest BCUT2D eigenvalue weighted by molar-refractivity contribution is 7.10. The second kappa shape index (κ2) is 6.78. The van der Waals surface area contributed by atoms with E-state index in [9.17, 15) is 14.4 Å². The molecular formula is C17H14N2O5S. The van der Waals surface area contributed by atoms with Gasteiger partial charge in [0, 0.05) is 10.9 Å². The average molecular weight is 358 g/mol. The standard InChI is InChI=1S/C17H14N2O5S/c1-23-10-5-6-14(24-2)13(8-10)19-16(21)12(15(20)18-17(19)22)9-11-4-3-7-25-11/h3-9H,1-2H3,(H,18,20,22)/b12-9-. The molecule has 128 valence electrons. The first-order chi connectivity index (χ1) is 12.0. The van der Waals surface area contributed by atoms with E-state index in [1.807, 2.05) is 5.38 Å². The van der Waals surface area contributed by atoms with Gasteiger partial charge in [0.2, 0.25) is 0 Å². The maximum Gasteiger partial charge on any atom is 0.336 e. The summed E-state index contributed by atoms with van der Waals surface area (Å²) in [5.41, 5.74) is 0.0563. The van der Waals surface area contributed by atoms with Gasteiger partial charge in [-0.2, -0.15) is 0 Å². The number of hydrogen-bond donors (Lipinski definition) is 1. The number of nitrogens with zero attached hydrogens (tertiary/aromatic N) is 1. The summed E-state index contributed by atoms with van der Waals surface area (Å²) in [6, 6.07) is 7.44. The van der Waals surface area contributed by atoms with Gasteiger partial charge in [0.25, 0.3) is 11.8 Å². The largest absolute Gasteiger partial charge is 0.497 e. The molecule has 0 atom stereocenters. The topological polar surface area (TPSA) is 84.9 Å². The maximum absolute atomic E-state index is 12.8. The van der Waals surface area contributed by atoms with Crippen molar-refractivity contribution in [3.05, 3.63) is 46.2 Å². The first kappa shape index (κ1) is 16.7. The third kappa shape index (κ3) is 3.11. The lowest BCUT2D eigenvalue weighted by atomic mass is 10.1. The van der Waals surface area contributed by atoms with E-state index in [-0.39, 0.29) is 11.3 Å². The van der Waals surface area contributed by atoms with E-state index in [2.05, 4.69) is 5.32 Å². The van der Waals surface area contributed by atoms with Crippen molar-refractivity contribution in [3.63, 3.8) is 0 Å². The van der Waals surface area contributed by atoms with E-state index in [0.717, 1.165) is 9.78 Å². The van der Waals surface area contributed by atoms with Gasteiger partial charge in [-0.1, -0.05) is 6.07 Å². The molecule has 1 saturated heterocycles. The molecule has 0 aliphatic carbocycles. The van der Waals surface area contributed by atoms with Gasteiger partial charge in [0.15, 0.2) is 0 Å². The molecule has 0 unspecified atom stereocenters. The monoisotopic (exact) mass is 358 g/mol. The Morgan fingerprint density at radius 3 is 2.56 bits per heavy atom. The number of rotatable bonds is 4. The van der Waals surface area contributed by atoms with Crippen LogP contribution >= 0.6 is 11.3 Å². The molecule has 25 heavy (non-hydrogen) atoms. The zero-order valence-electron chi connectivity index (χ0n) is 13.4. The molecule has 0 radical (unpaired) electrons. The van der Waals surface area contributed by atoms with Crippen molar-refractivity contribution >= 4 is 40.9 Å². The van der Waals surface area contributed by atoms with Gasteiger partial charge < -0.3 is 9.47 Å². The Kier molecular flexibility index (Phi) is 4.53. The zero-order valence-corrected chi connectivity index (χ0v) is 14.3. The first-order valence-electron chi connectivity index (χ1n) is 7.22. The lowest BCUT2D eigenvalue weighted by Gasteiger charge is -2.27. The van der Waals surface area contributed by atoms with Crippen LogP contribution in [0.5, 0.6) is 11.5 Å². The quantitative estimate of drug-likeness (QED) is 0.670. The van der Waals surface area contributed by atoms with Crippen LogP contribution in [-0.4, -0.2) is 32.1 Å². The number of hydrogen-bond acceptors (Lipinski definition) is 6. The number of ether oxygens (including phenoxy) is 2. The van der Waals surface area contributed by atoms with Crippen LogP contribution in [0.15, 0.2) is 41.3 Å². The van der Waals surface area contributed by atoms with E-state index in [4.69, 9.17) is 9.47 Å². The summed E-state index contributed by atoms with van der Waals surface area (Å²) in [6.07, 6.45) is 1.45. The highest BCUT2D eigenvalue weighted by atomic mass is 32.1. The van der Waals surface area contributed by atoms with Crippen LogP contribution in [0, 0.1) is 0 Å². The number of carbonyl (C=O) groups is 3. The smallest absolute Gasteiger partial charge is 0.336 e. The second-order valence-electron chi connectivity index (χ2n) is 5.01. The fraction of sp³-hybridized carbons (Fsp3) is 0.118. The summed E-state index contributed by atoms with van der Waals surface area (Å²) < 4.78 is 10.4. The molecule has 0 saturated carbocycles. The fourth-order valence-corrected chi connectivity index (χ4v) is 3.02. The first-order valence-corrected chi connectivity index (χ1v) is 8.10. The Hall–Kier alpha value is -3.13. The molecule has 1 N–H and O–H groups in total. The number of anilines is 1. The Morgan fingerprint density at radius 2 is 1.92 bits per heavy atom. The van der Waals surface area contributed by atoms with Crippen LogP contribution in [-0.2, 0) is 9.59 Å². The van der Waals surface area contributed by atoms with Crippen molar-refractivity contribution in [1.82, 2.24) is 5.32 Å². The summed E-state index contributed by atoms with van der Waals surface area (Å²) in [6.45, 7) is 0. The van der Waals surface area contributed by atoms with Crippen LogP contribution in [0.4, 0.5) is 10.5 Å². The van der Waals surface area contributed by atoms with Crippen LogP contribution in [0.2, 0.25) is 0 Å². The number of carbonyl (C=O) groups excluding carboxylic acids is 3. The van der Waals surface area contributed by atoms with Crippen molar-refractivity contribution in [1.29, 1.82) is 0 Å². The summed E-state index contributed by atoms with van der Waals surface area (Å²) in [7, 11) is 2.89. The predicted molar refractivity (Wildman–Crippen MR) is 92.9 cm³/mol. The minimum absolute atomic E-state index is 0.132. The molecule has 4 amide bonds. The van der Waals surface area contributed by atoms with Gasteiger partial charge in [-0.25, -0.2) is 9.69 Å². The van der Waals surface area contributed by atoms with E-state index in [1.165, 1.54) is 37.7 Å². The van der Waals surface area contributed by atoms with Crippen molar-refractivity contribution in [2.75, 3.05) is 19.1 Å². The SMILES string of the molecule is COc1ccc(OC)c(N2C(=O)NC(=O)/C(=C/c3cccs3)C2=O)c1. The predicted octanol–water partition coefficient (Wildman–Crippen LogP) is 2.43. The molecular weight excluding hydrogens is 344 g/mol. The maximum atomic E-state index is 12.8. The number of urea groups is 1. The molecule has 1 aliphatic rings. The number of nitrogens with one attached hydrogen (secondary N) is 1. The lowest BCUT2D eigenvalue weighted by Crippen LogP contribution is -2.54. The molecule has 0 bridgehead atoms. The second-order valence-corrected chi connectivity index (χ2v) is 5.99. The van der Waals surface area contributed by atoms with Crippen molar-refractivity contribution in [2.24, 2.45) is 0 Å². The summed E-state index contributed by atoms with van der Waals surface area (Å²) in [4.78, 5) is 38.8. The van der Waals surface area contributed by atoms with E-state index in [0.29, 0.717) is 11.5 Å². The van der Waals surface area contributed by atoms with E-state index >= 15 is 0 Å². The Morgan fingerprint density at radius 1 is 1.12 bits per heavy atom. The normalized spacial score (nSPS) is 16.2. The zero-order chi connectivity index (χ0) is 18.0. The minimum Gasteiger partial charge on any atom is -0.497 e.